The third-order valence-electron chi connectivity index (χ3n) is 1.84. The average Bonchev–Trinajstić information content (AvgIpc) is 2.09. The number of aliphatic hydroxyl groups excluding tert-OH is 1. The molecule has 1 aromatic rings. The summed E-state index contributed by atoms with van der Waals surface area (Å²) in [6, 6.07) is 4.64. The SMILES string of the molecule is COCC(O)c1cc(C)ccc1F. The van der Waals surface area contributed by atoms with Gasteiger partial charge in [0, 0.05) is 12.7 Å². The average molecular weight is 184 g/mol. The van der Waals surface area contributed by atoms with E-state index >= 15 is 0 Å². The molecule has 0 aliphatic rings. The molecule has 0 spiro atoms. The van der Waals surface area contributed by atoms with Crippen molar-refractivity contribution >= 4 is 0 Å². The van der Waals surface area contributed by atoms with Gasteiger partial charge in [0.1, 0.15) is 11.9 Å². The third-order valence-corrected chi connectivity index (χ3v) is 1.84. The maximum Gasteiger partial charge on any atom is 0.129 e. The molecule has 2 nitrogen and oxygen atoms in total. The van der Waals surface area contributed by atoms with Crippen LogP contribution in [0.2, 0.25) is 0 Å². The monoisotopic (exact) mass is 184 g/mol. The molecule has 0 heterocycles. The summed E-state index contributed by atoms with van der Waals surface area (Å²) in [5.41, 5.74) is 1.22. The van der Waals surface area contributed by atoms with Crippen LogP contribution >= 0.6 is 0 Å². The minimum Gasteiger partial charge on any atom is -0.386 e. The molecule has 0 fully saturated rings. The molecular formula is C10H13FO2. The van der Waals surface area contributed by atoms with E-state index in [1.807, 2.05) is 6.92 Å². The van der Waals surface area contributed by atoms with E-state index in [1.165, 1.54) is 13.2 Å². The Morgan fingerprint density at radius 3 is 2.85 bits per heavy atom. The highest BCUT2D eigenvalue weighted by atomic mass is 19.1. The van der Waals surface area contributed by atoms with E-state index in [-0.39, 0.29) is 6.61 Å². The lowest BCUT2D eigenvalue weighted by Gasteiger charge is -2.11. The van der Waals surface area contributed by atoms with Crippen LogP contribution in [0.15, 0.2) is 18.2 Å². The maximum atomic E-state index is 13.1. The van der Waals surface area contributed by atoms with E-state index in [0.717, 1.165) is 5.56 Å². The second kappa shape index (κ2) is 4.35. The molecule has 1 atom stereocenters. The summed E-state index contributed by atoms with van der Waals surface area (Å²) in [5.74, 6) is -0.393. The van der Waals surface area contributed by atoms with Gasteiger partial charge in [-0.05, 0) is 13.0 Å². The van der Waals surface area contributed by atoms with Crippen molar-refractivity contribution in [3.05, 3.63) is 35.1 Å². The minimum atomic E-state index is -0.884. The Balaban J connectivity index is 2.91. The first kappa shape index (κ1) is 10.2. The van der Waals surface area contributed by atoms with Crippen LogP contribution in [0.3, 0.4) is 0 Å². The molecule has 1 N–H and O–H groups in total. The predicted molar refractivity (Wildman–Crippen MR) is 48.0 cm³/mol. The van der Waals surface area contributed by atoms with Crippen molar-refractivity contribution in [3.63, 3.8) is 0 Å². The van der Waals surface area contributed by atoms with Gasteiger partial charge in [0.05, 0.1) is 6.61 Å². The quantitative estimate of drug-likeness (QED) is 0.776. The molecular weight excluding hydrogens is 171 g/mol. The maximum absolute atomic E-state index is 13.1. The number of ether oxygens (including phenoxy) is 1. The van der Waals surface area contributed by atoms with Gasteiger partial charge >= 0.3 is 0 Å². The standard InChI is InChI=1S/C10H13FO2/c1-7-3-4-9(11)8(5-7)10(12)6-13-2/h3-5,10,12H,6H2,1-2H3. The zero-order valence-electron chi connectivity index (χ0n) is 7.75. The van der Waals surface area contributed by atoms with Crippen LogP contribution in [-0.4, -0.2) is 18.8 Å². The Morgan fingerprint density at radius 1 is 1.54 bits per heavy atom. The van der Waals surface area contributed by atoms with Crippen LogP contribution in [0.5, 0.6) is 0 Å². The molecule has 13 heavy (non-hydrogen) atoms. The van der Waals surface area contributed by atoms with E-state index < -0.39 is 11.9 Å². The lowest BCUT2D eigenvalue weighted by atomic mass is 10.1. The minimum absolute atomic E-state index is 0.111. The van der Waals surface area contributed by atoms with Gasteiger partial charge in [0.25, 0.3) is 0 Å². The summed E-state index contributed by atoms with van der Waals surface area (Å²) in [6.45, 7) is 1.96. The van der Waals surface area contributed by atoms with E-state index in [0.29, 0.717) is 5.56 Å². The zero-order chi connectivity index (χ0) is 9.84. The summed E-state index contributed by atoms with van der Waals surface area (Å²) in [7, 11) is 1.47. The number of aliphatic hydroxyl groups is 1. The number of halogens is 1. The first-order valence-electron chi connectivity index (χ1n) is 4.08. The molecule has 1 unspecified atom stereocenters. The number of hydrogen-bond acceptors (Lipinski definition) is 2. The molecule has 0 aliphatic heterocycles. The molecule has 0 aromatic heterocycles. The lowest BCUT2D eigenvalue weighted by molar-refractivity contribution is 0.0621. The first-order chi connectivity index (χ1) is 6.15. The van der Waals surface area contributed by atoms with Gasteiger partial charge in [0.2, 0.25) is 0 Å². The normalized spacial score (nSPS) is 12.9. The van der Waals surface area contributed by atoms with E-state index in [4.69, 9.17) is 4.74 Å². The summed E-state index contributed by atoms with van der Waals surface area (Å²) < 4.78 is 17.9. The van der Waals surface area contributed by atoms with Gasteiger partial charge in [-0.1, -0.05) is 17.7 Å². The smallest absolute Gasteiger partial charge is 0.129 e. The fourth-order valence-corrected chi connectivity index (χ4v) is 1.17. The zero-order valence-corrected chi connectivity index (χ0v) is 7.75. The molecule has 0 bridgehead atoms. The molecule has 72 valence electrons. The molecule has 0 saturated carbocycles. The van der Waals surface area contributed by atoms with Crippen LogP contribution in [0.1, 0.15) is 17.2 Å². The van der Waals surface area contributed by atoms with Crippen molar-refractivity contribution in [2.75, 3.05) is 13.7 Å². The van der Waals surface area contributed by atoms with Crippen molar-refractivity contribution in [3.8, 4) is 0 Å². The van der Waals surface area contributed by atoms with Crippen LogP contribution in [0, 0.1) is 12.7 Å². The Bertz CT molecular complexity index is 286. The summed E-state index contributed by atoms with van der Waals surface area (Å²) in [6.07, 6.45) is -0.884. The number of hydrogen-bond donors (Lipinski definition) is 1. The van der Waals surface area contributed by atoms with Gasteiger partial charge < -0.3 is 9.84 Å². The highest BCUT2D eigenvalue weighted by Gasteiger charge is 2.11. The fraction of sp³-hybridized carbons (Fsp3) is 0.400. The van der Waals surface area contributed by atoms with Crippen molar-refractivity contribution in [2.45, 2.75) is 13.0 Å². The number of rotatable bonds is 3. The fourth-order valence-electron chi connectivity index (χ4n) is 1.17. The molecule has 3 heteroatoms. The summed E-state index contributed by atoms with van der Waals surface area (Å²) in [5, 5.41) is 9.46. The predicted octanol–water partition coefficient (Wildman–Crippen LogP) is 1.81. The van der Waals surface area contributed by atoms with E-state index in [1.54, 1.807) is 12.1 Å². The van der Waals surface area contributed by atoms with Gasteiger partial charge in [0.15, 0.2) is 0 Å². The van der Waals surface area contributed by atoms with Gasteiger partial charge in [-0.15, -0.1) is 0 Å². The summed E-state index contributed by atoms with van der Waals surface area (Å²) in [4.78, 5) is 0. The summed E-state index contributed by atoms with van der Waals surface area (Å²) >= 11 is 0. The number of methoxy groups -OCH3 is 1. The number of benzene rings is 1. The second-order valence-corrected chi connectivity index (χ2v) is 3.00. The van der Waals surface area contributed by atoms with Crippen molar-refractivity contribution < 1.29 is 14.2 Å². The van der Waals surface area contributed by atoms with E-state index in [2.05, 4.69) is 0 Å². The Morgan fingerprint density at radius 2 is 2.23 bits per heavy atom. The Kier molecular flexibility index (Phi) is 3.39. The van der Waals surface area contributed by atoms with Crippen LogP contribution < -0.4 is 0 Å². The van der Waals surface area contributed by atoms with Crippen LogP contribution in [0.25, 0.3) is 0 Å². The Hall–Kier alpha value is -0.930. The highest BCUT2D eigenvalue weighted by Crippen LogP contribution is 2.18. The second-order valence-electron chi connectivity index (χ2n) is 3.00. The van der Waals surface area contributed by atoms with Gasteiger partial charge in [-0.3, -0.25) is 0 Å². The molecule has 0 saturated heterocycles. The molecule has 0 amide bonds. The van der Waals surface area contributed by atoms with Gasteiger partial charge in [-0.2, -0.15) is 0 Å². The molecule has 1 aromatic carbocycles. The van der Waals surface area contributed by atoms with Crippen LogP contribution in [0.4, 0.5) is 4.39 Å². The third kappa shape index (κ3) is 2.50. The molecule has 0 aliphatic carbocycles. The van der Waals surface area contributed by atoms with Crippen LogP contribution in [-0.2, 0) is 4.74 Å². The molecule has 0 radical (unpaired) electrons. The van der Waals surface area contributed by atoms with E-state index in [9.17, 15) is 9.50 Å². The van der Waals surface area contributed by atoms with Gasteiger partial charge in [-0.25, -0.2) is 4.39 Å². The van der Waals surface area contributed by atoms with Crippen molar-refractivity contribution in [2.24, 2.45) is 0 Å². The largest absolute Gasteiger partial charge is 0.386 e. The highest BCUT2D eigenvalue weighted by molar-refractivity contribution is 5.25. The van der Waals surface area contributed by atoms with Crippen molar-refractivity contribution in [1.82, 2.24) is 0 Å². The van der Waals surface area contributed by atoms with Crippen molar-refractivity contribution in [1.29, 1.82) is 0 Å². The topological polar surface area (TPSA) is 29.5 Å². The first-order valence-corrected chi connectivity index (χ1v) is 4.08. The number of aryl methyl sites for hydroxylation is 1. The Labute approximate surface area is 77.0 Å². The molecule has 1 rings (SSSR count). The lowest BCUT2D eigenvalue weighted by Crippen LogP contribution is -2.07.